The third-order valence-corrected chi connectivity index (χ3v) is 4.81. The predicted molar refractivity (Wildman–Crippen MR) is 78.5 cm³/mol. The number of benzene rings is 1. The van der Waals surface area contributed by atoms with E-state index in [4.69, 9.17) is 16.9 Å². The van der Waals surface area contributed by atoms with Crippen LogP contribution in [0.15, 0.2) is 23.6 Å². The van der Waals surface area contributed by atoms with Crippen LogP contribution in [0.2, 0.25) is 5.02 Å². The number of thiophene rings is 1. The number of rotatable bonds is 1. The van der Waals surface area contributed by atoms with Crippen LogP contribution < -0.4 is 0 Å². The van der Waals surface area contributed by atoms with Gasteiger partial charge in [-0.05, 0) is 36.1 Å². The lowest BCUT2D eigenvalue weighted by Gasteiger charge is -2.00. The number of hydrogen-bond acceptors (Lipinski definition) is 3. The number of nitrogens with zero attached hydrogens (tertiary/aromatic N) is 3. The van der Waals surface area contributed by atoms with E-state index in [-0.39, 0.29) is 0 Å². The second kappa shape index (κ2) is 4.37. The van der Waals surface area contributed by atoms with Gasteiger partial charge in [-0.15, -0.1) is 11.3 Å². The topological polar surface area (TPSA) is 41.6 Å². The summed E-state index contributed by atoms with van der Waals surface area (Å²) in [5.41, 5.74) is 3.49. The van der Waals surface area contributed by atoms with Crippen molar-refractivity contribution in [2.75, 3.05) is 0 Å². The fraction of sp³-hybridized carbons (Fsp3) is 0.143. The molecule has 0 aliphatic carbocycles. The number of aromatic nitrogens is 2. The van der Waals surface area contributed by atoms with Gasteiger partial charge in [-0.3, -0.25) is 0 Å². The summed E-state index contributed by atoms with van der Waals surface area (Å²) in [6.07, 6.45) is 0. The van der Waals surface area contributed by atoms with Gasteiger partial charge < -0.3 is 4.57 Å². The van der Waals surface area contributed by atoms with Gasteiger partial charge in [0.2, 0.25) is 0 Å². The molecule has 0 saturated carbocycles. The second-order valence-electron chi connectivity index (χ2n) is 4.37. The summed E-state index contributed by atoms with van der Waals surface area (Å²) in [4.78, 5) is 5.57. The Morgan fingerprint density at radius 2 is 2.21 bits per heavy atom. The fourth-order valence-corrected chi connectivity index (χ4v) is 3.36. The Labute approximate surface area is 119 Å². The van der Waals surface area contributed by atoms with Gasteiger partial charge in [0.05, 0.1) is 32.6 Å². The van der Waals surface area contributed by atoms with Crippen molar-refractivity contribution >= 4 is 34.0 Å². The number of hydrogen-bond donors (Lipinski definition) is 0. The summed E-state index contributed by atoms with van der Waals surface area (Å²) in [6, 6.07) is 7.65. The zero-order chi connectivity index (χ0) is 13.6. The summed E-state index contributed by atoms with van der Waals surface area (Å²) in [6.45, 7) is 1.98. The third-order valence-electron chi connectivity index (χ3n) is 3.11. The molecule has 0 spiro atoms. The molecule has 94 valence electrons. The molecule has 0 radical (unpaired) electrons. The maximum Gasteiger partial charge on any atom is 0.152 e. The van der Waals surface area contributed by atoms with Crippen molar-refractivity contribution in [3.8, 4) is 16.8 Å². The molecule has 3 nitrogen and oxygen atoms in total. The molecular formula is C14H10ClN3S. The molecule has 0 aliphatic heterocycles. The van der Waals surface area contributed by atoms with Gasteiger partial charge in [0.1, 0.15) is 0 Å². The Hall–Kier alpha value is -1.83. The van der Waals surface area contributed by atoms with Gasteiger partial charge in [-0.25, -0.2) is 4.98 Å². The highest BCUT2D eigenvalue weighted by Gasteiger charge is 2.16. The first-order chi connectivity index (χ1) is 9.11. The first kappa shape index (κ1) is 12.2. The van der Waals surface area contributed by atoms with Gasteiger partial charge in [0, 0.05) is 7.05 Å². The Kier molecular flexibility index (Phi) is 2.81. The van der Waals surface area contributed by atoms with Crippen LogP contribution in [0.1, 0.15) is 11.1 Å². The summed E-state index contributed by atoms with van der Waals surface area (Å²) in [7, 11) is 1.96. The van der Waals surface area contributed by atoms with Crippen LogP contribution in [0, 0.1) is 18.3 Å². The Morgan fingerprint density at radius 3 is 2.84 bits per heavy atom. The minimum Gasteiger partial charge on any atom is -0.326 e. The molecule has 0 atom stereocenters. The van der Waals surface area contributed by atoms with Crippen LogP contribution in [0.25, 0.3) is 21.7 Å². The second-order valence-corrected chi connectivity index (χ2v) is 5.63. The lowest BCUT2D eigenvalue weighted by molar-refractivity contribution is 0.963. The summed E-state index contributed by atoms with van der Waals surface area (Å²) in [5.74, 6) is 0.841. The van der Waals surface area contributed by atoms with E-state index in [0.29, 0.717) is 5.56 Å². The summed E-state index contributed by atoms with van der Waals surface area (Å²) < 4.78 is 2.01. The van der Waals surface area contributed by atoms with Crippen molar-refractivity contribution in [2.45, 2.75) is 6.92 Å². The van der Waals surface area contributed by atoms with E-state index >= 15 is 0 Å². The molecule has 0 amide bonds. The highest BCUT2D eigenvalue weighted by atomic mass is 35.5. The van der Waals surface area contributed by atoms with Crippen molar-refractivity contribution in [3.05, 3.63) is 39.7 Å². The third kappa shape index (κ3) is 1.83. The number of fused-ring (bicyclic) bond motifs is 1. The zero-order valence-electron chi connectivity index (χ0n) is 10.4. The monoisotopic (exact) mass is 287 g/mol. The van der Waals surface area contributed by atoms with E-state index in [1.54, 1.807) is 23.5 Å². The zero-order valence-corrected chi connectivity index (χ0v) is 12.0. The molecule has 0 unspecified atom stereocenters. The summed E-state index contributed by atoms with van der Waals surface area (Å²) in [5, 5.41) is 11.7. The van der Waals surface area contributed by atoms with E-state index in [9.17, 15) is 0 Å². The Bertz CT molecular complexity index is 823. The molecule has 2 aromatic heterocycles. The van der Waals surface area contributed by atoms with Crippen LogP contribution in [0.5, 0.6) is 0 Å². The highest BCUT2D eigenvalue weighted by molar-refractivity contribution is 7.14. The number of imidazole rings is 1. The first-order valence-corrected chi connectivity index (χ1v) is 6.98. The number of nitriles is 1. The van der Waals surface area contributed by atoms with Crippen LogP contribution in [0.3, 0.4) is 0 Å². The van der Waals surface area contributed by atoms with Gasteiger partial charge in [-0.2, -0.15) is 5.26 Å². The Morgan fingerprint density at radius 1 is 1.42 bits per heavy atom. The van der Waals surface area contributed by atoms with Crippen LogP contribution in [-0.4, -0.2) is 9.55 Å². The standard InChI is InChI=1S/C14H10ClN3S/c1-8-7-19-13(12(8)15)14-17-10-5-9(6-16)3-4-11(10)18(14)2/h3-5,7H,1-2H3. The largest absolute Gasteiger partial charge is 0.326 e. The average Bonchev–Trinajstić information content (AvgIpc) is 2.91. The molecule has 0 saturated heterocycles. The average molecular weight is 288 g/mol. The SMILES string of the molecule is Cc1csc(-c2nc3cc(C#N)ccc3n2C)c1Cl. The van der Waals surface area contributed by atoms with E-state index in [1.807, 2.05) is 30.0 Å². The van der Waals surface area contributed by atoms with Gasteiger partial charge in [0.15, 0.2) is 5.82 Å². The molecule has 5 heteroatoms. The molecule has 19 heavy (non-hydrogen) atoms. The molecular weight excluding hydrogens is 278 g/mol. The minimum atomic E-state index is 0.616. The lowest BCUT2D eigenvalue weighted by atomic mass is 10.2. The maximum atomic E-state index is 8.93. The lowest BCUT2D eigenvalue weighted by Crippen LogP contribution is -1.91. The molecule has 2 heterocycles. The van der Waals surface area contributed by atoms with Crippen molar-refractivity contribution in [2.24, 2.45) is 7.05 Å². The van der Waals surface area contributed by atoms with Gasteiger partial charge in [-0.1, -0.05) is 11.6 Å². The van der Waals surface area contributed by atoms with Crippen LogP contribution in [0.4, 0.5) is 0 Å². The molecule has 3 aromatic rings. The van der Waals surface area contributed by atoms with Gasteiger partial charge in [0.25, 0.3) is 0 Å². The smallest absolute Gasteiger partial charge is 0.152 e. The number of aryl methyl sites for hydroxylation is 2. The fourth-order valence-electron chi connectivity index (χ4n) is 2.05. The summed E-state index contributed by atoms with van der Waals surface area (Å²) >= 11 is 7.89. The molecule has 0 bridgehead atoms. The maximum absolute atomic E-state index is 8.93. The molecule has 0 fully saturated rings. The van der Waals surface area contributed by atoms with E-state index in [1.165, 1.54) is 0 Å². The molecule has 0 N–H and O–H groups in total. The van der Waals surface area contributed by atoms with Crippen molar-refractivity contribution in [1.29, 1.82) is 5.26 Å². The van der Waals surface area contributed by atoms with Crippen molar-refractivity contribution in [1.82, 2.24) is 9.55 Å². The van der Waals surface area contributed by atoms with Crippen LogP contribution in [-0.2, 0) is 7.05 Å². The highest BCUT2D eigenvalue weighted by Crippen LogP contribution is 2.36. The van der Waals surface area contributed by atoms with E-state index < -0.39 is 0 Å². The van der Waals surface area contributed by atoms with Crippen LogP contribution >= 0.6 is 22.9 Å². The molecule has 1 aromatic carbocycles. The van der Waals surface area contributed by atoms with Crippen molar-refractivity contribution in [3.63, 3.8) is 0 Å². The quantitative estimate of drug-likeness (QED) is 0.675. The predicted octanol–water partition coefficient (Wildman–Crippen LogP) is 4.14. The van der Waals surface area contributed by atoms with E-state index in [0.717, 1.165) is 32.3 Å². The first-order valence-electron chi connectivity index (χ1n) is 5.72. The molecule has 0 aliphatic rings. The van der Waals surface area contributed by atoms with Gasteiger partial charge >= 0.3 is 0 Å². The minimum absolute atomic E-state index is 0.616. The molecule has 3 rings (SSSR count). The number of halogens is 1. The van der Waals surface area contributed by atoms with Crippen molar-refractivity contribution < 1.29 is 0 Å². The normalized spacial score (nSPS) is 10.8. The Balaban J connectivity index is 2.28. The van der Waals surface area contributed by atoms with E-state index in [2.05, 4.69) is 11.1 Å².